The lowest BCUT2D eigenvalue weighted by atomic mass is 9.93. The van der Waals surface area contributed by atoms with Crippen molar-refractivity contribution in [2.75, 3.05) is 51.8 Å². The molecule has 0 saturated carbocycles. The Morgan fingerprint density at radius 1 is 1.11 bits per heavy atom. The average Bonchev–Trinajstić information content (AvgIpc) is 2.87. The van der Waals surface area contributed by atoms with Crippen LogP contribution in [-0.2, 0) is 16.0 Å². The van der Waals surface area contributed by atoms with Crippen molar-refractivity contribution in [1.29, 1.82) is 0 Å². The Morgan fingerprint density at radius 2 is 1.81 bits per heavy atom. The molecule has 1 heterocycles. The van der Waals surface area contributed by atoms with E-state index in [0.717, 1.165) is 11.1 Å². The van der Waals surface area contributed by atoms with Crippen LogP contribution >= 0.6 is 11.6 Å². The second kappa shape index (κ2) is 13.1. The molecule has 2 N–H and O–H groups in total. The van der Waals surface area contributed by atoms with E-state index in [1.165, 1.54) is 6.07 Å². The number of hydrogen-bond donors (Lipinski definition) is 2. The number of halogens is 2. The lowest BCUT2D eigenvalue weighted by molar-refractivity contribution is -0.135. The van der Waals surface area contributed by atoms with Gasteiger partial charge in [-0.3, -0.25) is 9.59 Å². The first-order valence-electron chi connectivity index (χ1n) is 12.7. The molecule has 2 amide bonds. The fourth-order valence-corrected chi connectivity index (χ4v) is 5.03. The van der Waals surface area contributed by atoms with Crippen LogP contribution < -0.4 is 20.3 Å². The van der Waals surface area contributed by atoms with Crippen molar-refractivity contribution in [3.05, 3.63) is 58.4 Å². The molecule has 2 aromatic rings. The Kier molecular flexibility index (Phi) is 10.2. The molecule has 0 unspecified atom stereocenters. The van der Waals surface area contributed by atoms with E-state index in [-0.39, 0.29) is 42.1 Å². The van der Waals surface area contributed by atoms with Crippen molar-refractivity contribution in [3.8, 4) is 5.75 Å². The maximum atomic E-state index is 15.2. The van der Waals surface area contributed by atoms with E-state index < -0.39 is 0 Å². The summed E-state index contributed by atoms with van der Waals surface area (Å²) in [6, 6.07) is 10.1. The summed E-state index contributed by atoms with van der Waals surface area (Å²) in [5, 5.41) is 6.48. The zero-order valence-electron chi connectivity index (χ0n) is 22.3. The largest absolute Gasteiger partial charge is 0.496 e. The highest BCUT2D eigenvalue weighted by Crippen LogP contribution is 2.34. The number of piperazine rings is 1. The maximum Gasteiger partial charge on any atom is 0.234 e. The van der Waals surface area contributed by atoms with Gasteiger partial charge in [-0.2, -0.15) is 0 Å². The van der Waals surface area contributed by atoms with Crippen molar-refractivity contribution in [2.24, 2.45) is 11.8 Å². The molecule has 37 heavy (non-hydrogen) atoms. The van der Waals surface area contributed by atoms with Crippen LogP contribution in [0, 0.1) is 17.7 Å². The monoisotopic (exact) mass is 532 g/mol. The smallest absolute Gasteiger partial charge is 0.234 e. The zero-order valence-corrected chi connectivity index (χ0v) is 23.1. The van der Waals surface area contributed by atoms with Gasteiger partial charge in [-0.15, -0.1) is 0 Å². The number of likely N-dealkylation sites (N-methyl/N-ethyl adjacent to an activating group) is 1. The number of para-hydroxylation sites is 1. The predicted molar refractivity (Wildman–Crippen MR) is 146 cm³/mol. The Labute approximate surface area is 224 Å². The number of hydrogen-bond acceptors (Lipinski definition) is 5. The topological polar surface area (TPSA) is 73.9 Å². The Bertz CT molecular complexity index is 1090. The van der Waals surface area contributed by atoms with E-state index in [2.05, 4.69) is 10.6 Å². The number of amides is 2. The van der Waals surface area contributed by atoms with Crippen LogP contribution in [0.15, 0.2) is 36.4 Å². The highest BCUT2D eigenvalue weighted by atomic mass is 35.5. The molecule has 1 aliphatic rings. The van der Waals surface area contributed by atoms with E-state index in [4.69, 9.17) is 16.3 Å². The summed E-state index contributed by atoms with van der Waals surface area (Å²) >= 11 is 6.07. The molecule has 7 nitrogen and oxygen atoms in total. The summed E-state index contributed by atoms with van der Waals surface area (Å²) in [5.74, 6) is 0.0933. The minimum Gasteiger partial charge on any atom is -0.496 e. The number of methoxy groups -OCH3 is 1. The fraction of sp³-hybridized carbons (Fsp3) is 0.500. The molecule has 2 aromatic carbocycles. The second-order valence-electron chi connectivity index (χ2n) is 9.87. The SMILES string of the molecule is CNCC(=O)N[C@H](c1cccc(F)c1N1CCN(C(=O)[C@H](C)Cc2ccc(Cl)cc2OC)CC1)C(C)C. The molecule has 1 aliphatic heterocycles. The van der Waals surface area contributed by atoms with Gasteiger partial charge >= 0.3 is 0 Å². The van der Waals surface area contributed by atoms with E-state index in [9.17, 15) is 9.59 Å². The van der Waals surface area contributed by atoms with Gasteiger partial charge in [0.2, 0.25) is 11.8 Å². The summed E-state index contributed by atoms with van der Waals surface area (Å²) in [7, 11) is 3.30. The van der Waals surface area contributed by atoms with Gasteiger partial charge in [-0.1, -0.05) is 50.6 Å². The molecule has 0 bridgehead atoms. The Balaban J connectivity index is 1.71. The average molecular weight is 533 g/mol. The summed E-state index contributed by atoms with van der Waals surface area (Å²) in [5.41, 5.74) is 2.18. The van der Waals surface area contributed by atoms with Crippen LogP contribution in [0.4, 0.5) is 10.1 Å². The summed E-state index contributed by atoms with van der Waals surface area (Å²) < 4.78 is 20.6. The third-order valence-corrected chi connectivity index (χ3v) is 7.01. The minimum atomic E-state index is -0.333. The summed E-state index contributed by atoms with van der Waals surface area (Å²) in [6.07, 6.45) is 0.541. The number of benzene rings is 2. The van der Waals surface area contributed by atoms with Gasteiger partial charge in [0, 0.05) is 42.7 Å². The highest BCUT2D eigenvalue weighted by Gasteiger charge is 2.30. The van der Waals surface area contributed by atoms with Crippen molar-refractivity contribution < 1.29 is 18.7 Å². The number of nitrogens with one attached hydrogen (secondary N) is 2. The van der Waals surface area contributed by atoms with Crippen LogP contribution in [0.3, 0.4) is 0 Å². The van der Waals surface area contributed by atoms with Gasteiger partial charge in [0.15, 0.2) is 0 Å². The van der Waals surface area contributed by atoms with Crippen LogP contribution in [0.5, 0.6) is 5.75 Å². The maximum absolute atomic E-state index is 15.2. The molecule has 3 rings (SSSR count). The lowest BCUT2D eigenvalue weighted by Crippen LogP contribution is -2.51. The predicted octanol–water partition coefficient (Wildman–Crippen LogP) is 4.05. The van der Waals surface area contributed by atoms with Crippen molar-refractivity contribution in [2.45, 2.75) is 33.2 Å². The van der Waals surface area contributed by atoms with Gasteiger partial charge in [0.1, 0.15) is 11.6 Å². The van der Waals surface area contributed by atoms with E-state index >= 15 is 4.39 Å². The third-order valence-electron chi connectivity index (χ3n) is 6.78. The van der Waals surface area contributed by atoms with Gasteiger partial charge in [0.25, 0.3) is 0 Å². The molecule has 9 heteroatoms. The molecule has 1 saturated heterocycles. The van der Waals surface area contributed by atoms with E-state index in [1.54, 1.807) is 32.4 Å². The molecule has 0 aliphatic carbocycles. The van der Waals surface area contributed by atoms with Crippen LogP contribution in [0.25, 0.3) is 0 Å². The molecule has 1 fully saturated rings. The molecule has 0 spiro atoms. The first-order valence-corrected chi connectivity index (χ1v) is 13.1. The standard InChI is InChI=1S/C28H38ClFN4O3/c1-18(2)26(32-25(35)17-31-4)22-7-6-8-23(30)27(22)33-11-13-34(14-12-33)28(36)19(3)15-20-9-10-21(29)16-24(20)37-5/h6-10,16,18-19,26,31H,11-15,17H2,1-5H3,(H,32,35)/t19-,26+/m1/s1. The van der Waals surface area contributed by atoms with Crippen LogP contribution in [0.2, 0.25) is 5.02 Å². The third kappa shape index (κ3) is 7.14. The van der Waals surface area contributed by atoms with Gasteiger partial charge < -0.3 is 25.2 Å². The van der Waals surface area contributed by atoms with E-state index in [1.807, 2.05) is 42.7 Å². The number of carbonyl (C=O) groups excluding carboxylic acids is 2. The number of anilines is 1. The van der Waals surface area contributed by atoms with Gasteiger partial charge in [0.05, 0.1) is 25.4 Å². The molecule has 202 valence electrons. The Hall–Kier alpha value is -2.84. The molecule has 0 radical (unpaired) electrons. The number of rotatable bonds is 10. The second-order valence-corrected chi connectivity index (χ2v) is 10.3. The first-order chi connectivity index (χ1) is 17.7. The normalized spacial score (nSPS) is 15.5. The molecule has 2 atom stereocenters. The van der Waals surface area contributed by atoms with Crippen molar-refractivity contribution >= 4 is 29.1 Å². The Morgan fingerprint density at radius 3 is 2.43 bits per heavy atom. The van der Waals surface area contributed by atoms with E-state index in [0.29, 0.717) is 49.1 Å². The zero-order chi connectivity index (χ0) is 27.1. The lowest BCUT2D eigenvalue weighted by Gasteiger charge is -2.39. The minimum absolute atomic E-state index is 0.0600. The molecular weight excluding hydrogens is 495 g/mol. The fourth-order valence-electron chi connectivity index (χ4n) is 4.87. The number of carbonyl (C=O) groups is 2. The molecular formula is C28H38ClFN4O3. The van der Waals surface area contributed by atoms with Crippen molar-refractivity contribution in [3.63, 3.8) is 0 Å². The van der Waals surface area contributed by atoms with Gasteiger partial charge in [-0.05, 0) is 43.1 Å². The highest BCUT2D eigenvalue weighted by molar-refractivity contribution is 6.30. The van der Waals surface area contributed by atoms with Crippen molar-refractivity contribution in [1.82, 2.24) is 15.5 Å². The van der Waals surface area contributed by atoms with Gasteiger partial charge in [-0.25, -0.2) is 4.39 Å². The number of nitrogens with zero attached hydrogens (tertiary/aromatic N) is 2. The first kappa shape index (κ1) is 28.7. The van der Waals surface area contributed by atoms with Crippen LogP contribution in [0.1, 0.15) is 37.9 Å². The number of ether oxygens (including phenoxy) is 1. The summed E-state index contributed by atoms with van der Waals surface area (Å²) in [4.78, 5) is 29.4. The quantitative estimate of drug-likeness (QED) is 0.483. The summed E-state index contributed by atoms with van der Waals surface area (Å²) in [6.45, 7) is 8.12. The molecule has 0 aromatic heterocycles. The van der Waals surface area contributed by atoms with Crippen LogP contribution in [-0.4, -0.2) is 63.6 Å².